The Morgan fingerprint density at radius 2 is 2.12 bits per heavy atom. The van der Waals surface area contributed by atoms with Crippen LogP contribution in [0.4, 0.5) is 4.39 Å². The highest BCUT2D eigenvalue weighted by Crippen LogP contribution is 2.10. The van der Waals surface area contributed by atoms with Crippen molar-refractivity contribution in [2.75, 3.05) is 6.67 Å². The molecule has 0 aliphatic carbocycles. The van der Waals surface area contributed by atoms with Crippen LogP contribution in [0.15, 0.2) is 0 Å². The lowest BCUT2D eigenvalue weighted by Gasteiger charge is -2.18. The lowest BCUT2D eigenvalue weighted by atomic mass is 10.1. The third-order valence-electron chi connectivity index (χ3n) is 1.02. The minimum atomic E-state index is -0.505. The van der Waals surface area contributed by atoms with Crippen LogP contribution < -0.4 is 5.90 Å². The molecule has 0 spiro atoms. The van der Waals surface area contributed by atoms with Crippen molar-refractivity contribution >= 4 is 0 Å². The van der Waals surface area contributed by atoms with Crippen LogP contribution in [0.5, 0.6) is 0 Å². The van der Waals surface area contributed by atoms with E-state index in [1.54, 1.807) is 13.8 Å². The van der Waals surface area contributed by atoms with Gasteiger partial charge in [-0.05, 0) is 13.8 Å². The van der Waals surface area contributed by atoms with E-state index in [-0.39, 0.29) is 6.67 Å². The van der Waals surface area contributed by atoms with Crippen molar-refractivity contribution in [1.82, 2.24) is 0 Å². The van der Waals surface area contributed by atoms with Crippen molar-refractivity contribution in [2.24, 2.45) is 5.90 Å². The monoisotopic (exact) mass is 121 g/mol. The Balaban J connectivity index is 3.37. The molecule has 0 fully saturated rings. The van der Waals surface area contributed by atoms with Gasteiger partial charge in [-0.3, -0.25) is 9.23 Å². The minimum Gasteiger partial charge on any atom is -0.299 e. The van der Waals surface area contributed by atoms with Crippen LogP contribution in [0.3, 0.4) is 0 Å². The highest BCUT2D eigenvalue weighted by atomic mass is 19.1. The number of hydrogen-bond acceptors (Lipinski definition) is 2. The maximum absolute atomic E-state index is 11.5. The van der Waals surface area contributed by atoms with Gasteiger partial charge in [-0.2, -0.15) is 0 Å². The molecular formula is C5H12FNO. The van der Waals surface area contributed by atoms with Gasteiger partial charge in [-0.25, -0.2) is 5.90 Å². The predicted molar refractivity (Wildman–Crippen MR) is 29.9 cm³/mol. The summed E-state index contributed by atoms with van der Waals surface area (Å²) in [6.45, 7) is 3.10. The molecule has 0 aliphatic rings. The summed E-state index contributed by atoms with van der Waals surface area (Å²) in [6.07, 6.45) is 0.351. The smallest absolute Gasteiger partial charge is 0.0922 e. The molecule has 0 aromatic rings. The molecule has 50 valence electrons. The summed E-state index contributed by atoms with van der Waals surface area (Å²) in [4.78, 5) is 4.44. The molecule has 0 bridgehead atoms. The summed E-state index contributed by atoms with van der Waals surface area (Å²) in [5.41, 5.74) is -0.505. The molecule has 8 heavy (non-hydrogen) atoms. The van der Waals surface area contributed by atoms with Crippen molar-refractivity contribution in [3.8, 4) is 0 Å². The molecule has 0 radical (unpaired) electrons. The summed E-state index contributed by atoms with van der Waals surface area (Å²) in [6, 6.07) is 0. The molecule has 0 saturated heterocycles. The Morgan fingerprint density at radius 3 is 2.25 bits per heavy atom. The zero-order chi connectivity index (χ0) is 6.62. The van der Waals surface area contributed by atoms with E-state index < -0.39 is 5.60 Å². The van der Waals surface area contributed by atoms with Gasteiger partial charge in [0.2, 0.25) is 0 Å². The maximum Gasteiger partial charge on any atom is 0.0922 e. The summed E-state index contributed by atoms with van der Waals surface area (Å²) in [5.74, 6) is 4.83. The number of halogens is 1. The van der Waals surface area contributed by atoms with Crippen molar-refractivity contribution in [3.05, 3.63) is 0 Å². The zero-order valence-corrected chi connectivity index (χ0v) is 5.28. The summed E-state index contributed by atoms with van der Waals surface area (Å²) in [7, 11) is 0. The maximum atomic E-state index is 11.5. The van der Waals surface area contributed by atoms with Crippen LogP contribution in [-0.2, 0) is 4.84 Å². The zero-order valence-electron chi connectivity index (χ0n) is 5.28. The summed E-state index contributed by atoms with van der Waals surface area (Å²) < 4.78 is 11.5. The molecule has 0 rings (SSSR count). The van der Waals surface area contributed by atoms with E-state index in [2.05, 4.69) is 4.84 Å². The Hall–Kier alpha value is -0.150. The van der Waals surface area contributed by atoms with Gasteiger partial charge in [0.1, 0.15) is 0 Å². The average molecular weight is 121 g/mol. The van der Waals surface area contributed by atoms with Gasteiger partial charge < -0.3 is 0 Å². The van der Waals surface area contributed by atoms with Gasteiger partial charge in [0.15, 0.2) is 0 Å². The van der Waals surface area contributed by atoms with E-state index in [1.165, 1.54) is 0 Å². The Morgan fingerprint density at radius 1 is 1.62 bits per heavy atom. The number of hydrogen-bond donors (Lipinski definition) is 1. The van der Waals surface area contributed by atoms with E-state index in [4.69, 9.17) is 5.90 Å². The first-order valence-corrected chi connectivity index (χ1v) is 2.56. The SMILES string of the molecule is CC(C)(CCF)ON. The second kappa shape index (κ2) is 2.99. The summed E-state index contributed by atoms with van der Waals surface area (Å²) in [5, 5.41) is 0. The van der Waals surface area contributed by atoms with Crippen molar-refractivity contribution in [3.63, 3.8) is 0 Å². The molecule has 0 amide bonds. The first kappa shape index (κ1) is 7.85. The summed E-state index contributed by atoms with van der Waals surface area (Å²) >= 11 is 0. The highest BCUT2D eigenvalue weighted by Gasteiger charge is 2.15. The van der Waals surface area contributed by atoms with Crippen LogP contribution >= 0.6 is 0 Å². The van der Waals surface area contributed by atoms with E-state index >= 15 is 0 Å². The third kappa shape index (κ3) is 2.93. The molecule has 0 heterocycles. The van der Waals surface area contributed by atoms with Gasteiger partial charge >= 0.3 is 0 Å². The van der Waals surface area contributed by atoms with Gasteiger partial charge in [-0.15, -0.1) is 0 Å². The Labute approximate surface area is 48.8 Å². The van der Waals surface area contributed by atoms with Gasteiger partial charge in [0, 0.05) is 6.42 Å². The molecule has 2 nitrogen and oxygen atoms in total. The van der Waals surface area contributed by atoms with Gasteiger partial charge in [-0.1, -0.05) is 0 Å². The fraction of sp³-hybridized carbons (Fsp3) is 1.00. The Bertz CT molecular complexity index is 65.4. The number of alkyl halides is 1. The van der Waals surface area contributed by atoms with Crippen LogP contribution in [0.2, 0.25) is 0 Å². The molecule has 2 N–H and O–H groups in total. The minimum absolute atomic E-state index is 0.351. The van der Waals surface area contributed by atoms with Gasteiger partial charge in [0.05, 0.1) is 12.3 Å². The topological polar surface area (TPSA) is 35.2 Å². The van der Waals surface area contributed by atoms with Crippen LogP contribution in [0, 0.1) is 0 Å². The van der Waals surface area contributed by atoms with Crippen molar-refractivity contribution < 1.29 is 9.23 Å². The molecule has 0 aliphatic heterocycles. The van der Waals surface area contributed by atoms with Crippen molar-refractivity contribution in [2.45, 2.75) is 25.9 Å². The van der Waals surface area contributed by atoms with Crippen LogP contribution in [0.25, 0.3) is 0 Å². The standard InChI is InChI=1S/C5H12FNO/c1-5(2,8-7)3-4-6/h3-4,7H2,1-2H3. The number of rotatable bonds is 3. The largest absolute Gasteiger partial charge is 0.299 e. The molecule has 0 saturated carbocycles. The first-order valence-electron chi connectivity index (χ1n) is 2.56. The molecule has 3 heteroatoms. The van der Waals surface area contributed by atoms with E-state index in [0.29, 0.717) is 6.42 Å². The lowest BCUT2D eigenvalue weighted by Crippen LogP contribution is -2.28. The van der Waals surface area contributed by atoms with E-state index in [9.17, 15) is 4.39 Å². The average Bonchev–Trinajstić information content (AvgIpc) is 1.67. The number of nitrogens with two attached hydrogens (primary N) is 1. The third-order valence-corrected chi connectivity index (χ3v) is 1.02. The second-order valence-corrected chi connectivity index (χ2v) is 2.32. The fourth-order valence-corrected chi connectivity index (χ4v) is 0.286. The van der Waals surface area contributed by atoms with E-state index in [0.717, 1.165) is 0 Å². The molecule has 0 aromatic heterocycles. The van der Waals surface area contributed by atoms with Gasteiger partial charge in [0.25, 0.3) is 0 Å². The molecular weight excluding hydrogens is 109 g/mol. The molecule has 0 unspecified atom stereocenters. The van der Waals surface area contributed by atoms with Crippen LogP contribution in [0.1, 0.15) is 20.3 Å². The predicted octanol–water partition coefficient (Wildman–Crippen LogP) is 1.01. The fourth-order valence-electron chi connectivity index (χ4n) is 0.286. The molecule has 0 aromatic carbocycles. The van der Waals surface area contributed by atoms with Crippen molar-refractivity contribution in [1.29, 1.82) is 0 Å². The normalized spacial score (nSPS) is 12.0. The molecule has 0 atom stereocenters. The van der Waals surface area contributed by atoms with E-state index in [1.807, 2.05) is 0 Å². The lowest BCUT2D eigenvalue weighted by molar-refractivity contribution is -0.0289. The quantitative estimate of drug-likeness (QED) is 0.565. The highest BCUT2D eigenvalue weighted by molar-refractivity contribution is 4.65. The first-order chi connectivity index (χ1) is 3.62. The Kier molecular flexibility index (Phi) is 2.94. The van der Waals surface area contributed by atoms with Crippen LogP contribution in [-0.4, -0.2) is 12.3 Å². The second-order valence-electron chi connectivity index (χ2n) is 2.32.